The molecule has 3 heteroatoms. The summed E-state index contributed by atoms with van der Waals surface area (Å²) in [7, 11) is 0. The first-order chi connectivity index (χ1) is 9.86. The molecule has 1 N–H and O–H groups in total. The molecule has 2 aromatic carbocycles. The van der Waals surface area contributed by atoms with Crippen LogP contribution in [0.25, 0.3) is 21.9 Å². The number of rotatable bonds is 1. The van der Waals surface area contributed by atoms with Crippen LogP contribution >= 0.6 is 0 Å². The summed E-state index contributed by atoms with van der Waals surface area (Å²) < 4.78 is 1.85. The van der Waals surface area contributed by atoms with Crippen molar-refractivity contribution in [3.05, 3.63) is 65.0 Å². The first kappa shape index (κ1) is 11.3. The quantitative estimate of drug-likeness (QED) is 0.731. The van der Waals surface area contributed by atoms with E-state index < -0.39 is 0 Å². The molecule has 3 aromatic rings. The minimum absolute atomic E-state index is 0.0975. The Labute approximate surface area is 116 Å². The molecule has 3 nitrogen and oxygen atoms in total. The van der Waals surface area contributed by atoms with Gasteiger partial charge in [-0.1, -0.05) is 48.5 Å². The predicted octanol–water partition coefficient (Wildman–Crippen LogP) is 3.09. The smallest absolute Gasteiger partial charge is 0.260 e. The average Bonchev–Trinajstić information content (AvgIpc) is 2.98. The topological polar surface area (TPSA) is 34.0 Å². The van der Waals surface area contributed by atoms with E-state index in [1.807, 2.05) is 47.0 Å². The highest BCUT2D eigenvalue weighted by molar-refractivity contribution is 6.01. The van der Waals surface area contributed by atoms with Crippen molar-refractivity contribution in [1.29, 1.82) is 0 Å². The fourth-order valence-corrected chi connectivity index (χ4v) is 2.98. The molecule has 2 heterocycles. The molecule has 20 heavy (non-hydrogen) atoms. The number of nitrogens with one attached hydrogen (secondary N) is 1. The summed E-state index contributed by atoms with van der Waals surface area (Å²) in [5.41, 5.74) is 2.36. The second-order valence-electron chi connectivity index (χ2n) is 5.02. The van der Waals surface area contributed by atoms with Crippen molar-refractivity contribution in [2.75, 3.05) is 11.9 Å². The largest absolute Gasteiger partial charge is 0.369 e. The van der Waals surface area contributed by atoms with Crippen molar-refractivity contribution in [2.45, 2.75) is 6.54 Å². The molecule has 0 radical (unpaired) electrons. The average molecular weight is 262 g/mol. The summed E-state index contributed by atoms with van der Waals surface area (Å²) in [6.07, 6.45) is 0. The van der Waals surface area contributed by atoms with E-state index in [1.165, 1.54) is 0 Å². The van der Waals surface area contributed by atoms with E-state index in [0.717, 1.165) is 40.8 Å². The Kier molecular flexibility index (Phi) is 2.39. The predicted molar refractivity (Wildman–Crippen MR) is 82.1 cm³/mol. The number of pyridine rings is 1. The SMILES string of the molecule is O=c1c2ccccc2c(-c2ccccc2)c2n1CCN2. The van der Waals surface area contributed by atoms with Crippen molar-refractivity contribution in [3.8, 4) is 11.1 Å². The Bertz CT molecular complexity index is 850. The highest BCUT2D eigenvalue weighted by Gasteiger charge is 2.20. The molecule has 0 amide bonds. The number of hydrogen-bond donors (Lipinski definition) is 1. The summed E-state index contributed by atoms with van der Waals surface area (Å²) in [6.45, 7) is 1.55. The number of benzene rings is 2. The third-order valence-electron chi connectivity index (χ3n) is 3.87. The van der Waals surface area contributed by atoms with E-state index in [0.29, 0.717) is 0 Å². The van der Waals surface area contributed by atoms with Crippen molar-refractivity contribution in [3.63, 3.8) is 0 Å². The van der Waals surface area contributed by atoms with Gasteiger partial charge in [0.15, 0.2) is 0 Å². The molecular formula is C17H14N2O. The van der Waals surface area contributed by atoms with Gasteiger partial charge < -0.3 is 5.32 Å². The van der Waals surface area contributed by atoms with Crippen LogP contribution in [0.2, 0.25) is 0 Å². The van der Waals surface area contributed by atoms with Gasteiger partial charge in [-0.25, -0.2) is 0 Å². The lowest BCUT2D eigenvalue weighted by Gasteiger charge is -2.13. The molecule has 0 fully saturated rings. The molecule has 1 aromatic heterocycles. The second kappa shape index (κ2) is 4.23. The Morgan fingerprint density at radius 2 is 1.60 bits per heavy atom. The number of fused-ring (bicyclic) bond motifs is 2. The summed E-state index contributed by atoms with van der Waals surface area (Å²) in [6, 6.07) is 18.1. The van der Waals surface area contributed by atoms with Gasteiger partial charge in [0, 0.05) is 24.0 Å². The zero-order valence-corrected chi connectivity index (χ0v) is 11.0. The van der Waals surface area contributed by atoms with E-state index in [9.17, 15) is 4.79 Å². The van der Waals surface area contributed by atoms with Crippen LogP contribution in [0.1, 0.15) is 0 Å². The zero-order chi connectivity index (χ0) is 13.5. The van der Waals surface area contributed by atoms with Crippen LogP contribution in [-0.2, 0) is 6.54 Å². The van der Waals surface area contributed by atoms with E-state index in [2.05, 4.69) is 17.4 Å². The van der Waals surface area contributed by atoms with E-state index >= 15 is 0 Å². The summed E-state index contributed by atoms with van der Waals surface area (Å²) in [5.74, 6) is 0.944. The minimum Gasteiger partial charge on any atom is -0.369 e. The molecular weight excluding hydrogens is 248 g/mol. The van der Waals surface area contributed by atoms with Gasteiger partial charge in [0.25, 0.3) is 5.56 Å². The van der Waals surface area contributed by atoms with Gasteiger partial charge in [0.2, 0.25) is 0 Å². The highest BCUT2D eigenvalue weighted by atomic mass is 16.1. The fraction of sp³-hybridized carbons (Fsp3) is 0.118. The maximum Gasteiger partial charge on any atom is 0.260 e. The van der Waals surface area contributed by atoms with Gasteiger partial charge in [0.05, 0.1) is 0 Å². The number of aromatic nitrogens is 1. The van der Waals surface area contributed by atoms with Crippen LogP contribution in [0.4, 0.5) is 5.82 Å². The van der Waals surface area contributed by atoms with Crippen LogP contribution in [0.15, 0.2) is 59.4 Å². The van der Waals surface area contributed by atoms with Gasteiger partial charge >= 0.3 is 0 Å². The molecule has 0 atom stereocenters. The van der Waals surface area contributed by atoms with Crippen LogP contribution in [0.5, 0.6) is 0 Å². The Hall–Kier alpha value is -2.55. The van der Waals surface area contributed by atoms with Crippen LogP contribution in [-0.4, -0.2) is 11.1 Å². The standard InChI is InChI=1S/C17H14N2O/c20-17-14-9-5-4-8-13(14)15(12-6-2-1-3-7-12)16-18-10-11-19(16)17/h1-9,18H,10-11H2. The Morgan fingerprint density at radius 3 is 2.40 bits per heavy atom. The molecule has 1 aliphatic rings. The zero-order valence-electron chi connectivity index (χ0n) is 11.0. The van der Waals surface area contributed by atoms with Crippen LogP contribution in [0.3, 0.4) is 0 Å². The summed E-state index contributed by atoms with van der Waals surface area (Å²) in [5, 5.41) is 5.17. The molecule has 0 unspecified atom stereocenters. The molecule has 1 aliphatic heterocycles. The van der Waals surface area contributed by atoms with Gasteiger partial charge in [-0.05, 0) is 17.0 Å². The van der Waals surface area contributed by atoms with E-state index in [4.69, 9.17) is 0 Å². The molecule has 98 valence electrons. The fourth-order valence-electron chi connectivity index (χ4n) is 2.98. The molecule has 0 aliphatic carbocycles. The normalized spacial score (nSPS) is 13.2. The van der Waals surface area contributed by atoms with Crippen LogP contribution < -0.4 is 10.9 Å². The summed E-state index contributed by atoms with van der Waals surface area (Å²) in [4.78, 5) is 12.5. The molecule has 0 bridgehead atoms. The van der Waals surface area contributed by atoms with Crippen molar-refractivity contribution in [2.24, 2.45) is 0 Å². The van der Waals surface area contributed by atoms with Crippen molar-refractivity contribution >= 4 is 16.6 Å². The number of nitrogens with zero attached hydrogens (tertiary/aromatic N) is 1. The van der Waals surface area contributed by atoms with Gasteiger partial charge in [-0.2, -0.15) is 0 Å². The van der Waals surface area contributed by atoms with Gasteiger partial charge in [-0.15, -0.1) is 0 Å². The maximum atomic E-state index is 12.5. The monoisotopic (exact) mass is 262 g/mol. The molecule has 4 rings (SSSR count). The second-order valence-corrected chi connectivity index (χ2v) is 5.02. The van der Waals surface area contributed by atoms with Crippen LogP contribution in [0, 0.1) is 0 Å². The minimum atomic E-state index is 0.0975. The van der Waals surface area contributed by atoms with Crippen molar-refractivity contribution in [1.82, 2.24) is 4.57 Å². The summed E-state index contributed by atoms with van der Waals surface area (Å²) >= 11 is 0. The molecule has 0 saturated heterocycles. The Balaban J connectivity index is 2.20. The van der Waals surface area contributed by atoms with Gasteiger partial charge in [0.1, 0.15) is 5.82 Å². The van der Waals surface area contributed by atoms with Gasteiger partial charge in [-0.3, -0.25) is 9.36 Å². The molecule has 0 spiro atoms. The lowest BCUT2D eigenvalue weighted by atomic mass is 9.99. The first-order valence-electron chi connectivity index (χ1n) is 6.81. The lowest BCUT2D eigenvalue weighted by molar-refractivity contribution is 0.780. The highest BCUT2D eigenvalue weighted by Crippen LogP contribution is 2.35. The third kappa shape index (κ3) is 1.50. The number of hydrogen-bond acceptors (Lipinski definition) is 2. The maximum absolute atomic E-state index is 12.5. The van der Waals surface area contributed by atoms with E-state index in [1.54, 1.807) is 0 Å². The third-order valence-corrected chi connectivity index (χ3v) is 3.87. The van der Waals surface area contributed by atoms with E-state index in [-0.39, 0.29) is 5.56 Å². The van der Waals surface area contributed by atoms with Crippen molar-refractivity contribution < 1.29 is 0 Å². The Morgan fingerprint density at radius 1 is 0.900 bits per heavy atom. The lowest BCUT2D eigenvalue weighted by Crippen LogP contribution is -2.18. The molecule has 0 saturated carbocycles. The number of anilines is 1. The first-order valence-corrected chi connectivity index (χ1v) is 6.81.